The number of hydrogen-bond acceptors (Lipinski definition) is 0. The number of rotatable bonds is 21. The topological polar surface area (TPSA) is 0 Å². The summed E-state index contributed by atoms with van der Waals surface area (Å²) in [6, 6.07) is 1.10. The van der Waals surface area contributed by atoms with E-state index in [-0.39, 0.29) is 0 Å². The Bertz CT molecular complexity index is 240. The van der Waals surface area contributed by atoms with Crippen molar-refractivity contribution >= 4 is 52.2 Å². The fraction of sp³-hybridized carbons (Fsp3) is 1.00. The van der Waals surface area contributed by atoms with Gasteiger partial charge in [0.25, 0.3) is 0 Å². The molecule has 0 N–H and O–H groups in total. The van der Waals surface area contributed by atoms with E-state index < -0.39 is 7.42 Å². The molecule has 0 spiro atoms. The molecular weight excluding hydrogens is 478 g/mol. The van der Waals surface area contributed by atoms with Crippen molar-refractivity contribution in [1.29, 1.82) is 0 Å². The lowest BCUT2D eigenvalue weighted by atomic mass is 10.0. The van der Waals surface area contributed by atoms with Gasteiger partial charge in [-0.25, -0.2) is 0 Å². The van der Waals surface area contributed by atoms with Crippen molar-refractivity contribution < 1.29 is 0 Å². The third-order valence-electron chi connectivity index (χ3n) is 5.06. The normalized spacial score (nSPS) is 11.5. The highest BCUT2D eigenvalue weighted by molar-refractivity contribution is 14.1. The van der Waals surface area contributed by atoms with E-state index in [0.29, 0.717) is 0 Å². The Morgan fingerprint density at radius 1 is 0.400 bits per heavy atom. The van der Waals surface area contributed by atoms with Gasteiger partial charge in [0, 0.05) is 0 Å². The Morgan fingerprint density at radius 2 is 0.640 bits per heavy atom. The van der Waals surface area contributed by atoms with E-state index in [1.807, 2.05) is 0 Å². The second-order valence-electron chi connectivity index (χ2n) is 7.59. The molecule has 25 heavy (non-hydrogen) atoms. The quantitative estimate of drug-likeness (QED) is 0.0464. The van der Waals surface area contributed by atoms with Crippen molar-refractivity contribution in [1.82, 2.24) is 0 Å². The second kappa shape index (κ2) is 23.6. The Balaban J connectivity index is 2.96. The second-order valence-corrected chi connectivity index (χ2v) is 13.9. The molecule has 4 heteroatoms. The molecule has 0 fully saturated rings. The van der Waals surface area contributed by atoms with Gasteiger partial charge < -0.3 is 0 Å². The SMILES string of the molecule is Cl[SiH](Cl)CCCCCCCCCCCCCCCCCCCCCI. The number of unbranched alkanes of at least 4 members (excludes halogenated alkanes) is 18. The van der Waals surface area contributed by atoms with E-state index in [9.17, 15) is 0 Å². The maximum absolute atomic E-state index is 5.87. The van der Waals surface area contributed by atoms with E-state index in [1.165, 1.54) is 126 Å². The van der Waals surface area contributed by atoms with Crippen molar-refractivity contribution in [3.63, 3.8) is 0 Å². The van der Waals surface area contributed by atoms with Crippen LogP contribution in [0.5, 0.6) is 0 Å². The molecule has 0 heterocycles. The van der Waals surface area contributed by atoms with Gasteiger partial charge in [0.15, 0.2) is 0 Å². The van der Waals surface area contributed by atoms with Crippen LogP contribution >= 0.6 is 44.7 Å². The summed E-state index contributed by atoms with van der Waals surface area (Å²) in [6.45, 7) is 0. The van der Waals surface area contributed by atoms with Crippen molar-refractivity contribution in [3.05, 3.63) is 0 Å². The van der Waals surface area contributed by atoms with Crippen LogP contribution in [0.3, 0.4) is 0 Å². The first kappa shape index (κ1) is 26.5. The van der Waals surface area contributed by atoms with Crippen LogP contribution < -0.4 is 0 Å². The van der Waals surface area contributed by atoms with Gasteiger partial charge in [0.05, 0.1) is 0 Å². The summed E-state index contributed by atoms with van der Waals surface area (Å²) < 4.78 is 1.34. The average molecular weight is 521 g/mol. The van der Waals surface area contributed by atoms with E-state index in [4.69, 9.17) is 22.2 Å². The molecule has 0 aliphatic heterocycles. The number of hydrogen-bond donors (Lipinski definition) is 0. The standard InChI is InChI=1S/C21H43Cl2ISi/c22-25(23)21-19-17-15-13-11-9-7-5-3-1-2-4-6-8-10-12-14-16-18-20-24/h25H,1-21H2. The zero-order valence-corrected chi connectivity index (χ0v) is 21.4. The lowest BCUT2D eigenvalue weighted by Crippen LogP contribution is -1.91. The molecule has 0 radical (unpaired) electrons. The molecule has 0 rings (SSSR count). The third kappa shape index (κ3) is 25.5. The van der Waals surface area contributed by atoms with Gasteiger partial charge in [-0.15, -0.1) is 0 Å². The molecule has 0 nitrogen and oxygen atoms in total. The van der Waals surface area contributed by atoms with Crippen LogP contribution in [0, 0.1) is 0 Å². The van der Waals surface area contributed by atoms with Gasteiger partial charge >= 0.3 is 0 Å². The van der Waals surface area contributed by atoms with Crippen LogP contribution in [-0.4, -0.2) is 11.8 Å². The number of halogens is 3. The molecule has 0 atom stereocenters. The van der Waals surface area contributed by atoms with Crippen LogP contribution in [0.2, 0.25) is 6.04 Å². The maximum Gasteiger partial charge on any atom is 0.237 e. The van der Waals surface area contributed by atoms with E-state index in [1.54, 1.807) is 0 Å². The predicted molar refractivity (Wildman–Crippen MR) is 130 cm³/mol. The van der Waals surface area contributed by atoms with Gasteiger partial charge in [-0.1, -0.05) is 138 Å². The highest BCUT2D eigenvalue weighted by Gasteiger charge is 2.00. The zero-order valence-electron chi connectivity index (χ0n) is 16.6. The molecule has 0 aliphatic rings. The fourth-order valence-electron chi connectivity index (χ4n) is 3.40. The third-order valence-corrected chi connectivity index (χ3v) is 7.97. The van der Waals surface area contributed by atoms with E-state index in [0.717, 1.165) is 6.04 Å². The minimum absolute atomic E-state index is 1.10. The van der Waals surface area contributed by atoms with Crippen LogP contribution in [0.25, 0.3) is 0 Å². The minimum Gasteiger partial charge on any atom is -0.150 e. The van der Waals surface area contributed by atoms with Gasteiger partial charge in [0.2, 0.25) is 7.42 Å². The van der Waals surface area contributed by atoms with Crippen molar-refractivity contribution in [2.75, 3.05) is 4.43 Å². The Kier molecular flexibility index (Phi) is 25.0. The summed E-state index contributed by atoms with van der Waals surface area (Å²) >= 11 is 14.2. The van der Waals surface area contributed by atoms with Gasteiger partial charge in [0.1, 0.15) is 0 Å². The molecule has 152 valence electrons. The Morgan fingerprint density at radius 3 is 0.880 bits per heavy atom. The summed E-state index contributed by atoms with van der Waals surface area (Å²) in [5.41, 5.74) is 0. The lowest BCUT2D eigenvalue weighted by molar-refractivity contribution is 0.525. The lowest BCUT2D eigenvalue weighted by Gasteiger charge is -2.04. The largest absolute Gasteiger partial charge is 0.237 e. The molecule has 0 aliphatic carbocycles. The Hall–Kier alpha value is 1.53. The highest BCUT2D eigenvalue weighted by atomic mass is 127. The molecule has 0 amide bonds. The molecule has 0 saturated carbocycles. The fourth-order valence-corrected chi connectivity index (χ4v) is 5.46. The van der Waals surface area contributed by atoms with Crippen molar-refractivity contribution in [3.8, 4) is 0 Å². The molecule has 0 saturated heterocycles. The molecule has 0 aromatic rings. The van der Waals surface area contributed by atoms with Crippen molar-refractivity contribution in [2.24, 2.45) is 0 Å². The summed E-state index contributed by atoms with van der Waals surface area (Å²) in [5.74, 6) is 0. The highest BCUT2D eigenvalue weighted by Crippen LogP contribution is 2.16. The van der Waals surface area contributed by atoms with Crippen LogP contribution in [0.15, 0.2) is 0 Å². The molecule has 0 aromatic carbocycles. The first-order valence-electron chi connectivity index (χ1n) is 11.1. The minimum atomic E-state index is -1.33. The first-order valence-corrected chi connectivity index (χ1v) is 16.9. The molecular formula is C21H43Cl2ISi. The van der Waals surface area contributed by atoms with Crippen LogP contribution in [-0.2, 0) is 0 Å². The van der Waals surface area contributed by atoms with E-state index >= 15 is 0 Å². The van der Waals surface area contributed by atoms with Gasteiger partial charge in [-0.05, 0) is 16.9 Å². The summed E-state index contributed by atoms with van der Waals surface area (Å²) in [6.07, 6.45) is 27.3. The van der Waals surface area contributed by atoms with Crippen LogP contribution in [0.4, 0.5) is 0 Å². The summed E-state index contributed by atoms with van der Waals surface area (Å²) in [5, 5.41) is 0. The zero-order chi connectivity index (χ0) is 18.4. The van der Waals surface area contributed by atoms with E-state index in [2.05, 4.69) is 22.6 Å². The molecule has 0 bridgehead atoms. The maximum atomic E-state index is 5.87. The van der Waals surface area contributed by atoms with Gasteiger partial charge in [-0.3, -0.25) is 0 Å². The molecule has 0 unspecified atom stereocenters. The monoisotopic (exact) mass is 520 g/mol. The first-order chi connectivity index (χ1) is 12.3. The van der Waals surface area contributed by atoms with Crippen molar-refractivity contribution in [2.45, 2.75) is 128 Å². The average Bonchev–Trinajstić information content (AvgIpc) is 2.60. The Labute approximate surface area is 183 Å². The smallest absolute Gasteiger partial charge is 0.150 e. The van der Waals surface area contributed by atoms with Gasteiger partial charge in [-0.2, -0.15) is 22.2 Å². The summed E-state index contributed by atoms with van der Waals surface area (Å²) in [7, 11) is -1.33. The number of alkyl halides is 1. The predicted octanol–water partition coefficient (Wildman–Crippen LogP) is 9.53. The van der Waals surface area contributed by atoms with Crippen LogP contribution in [0.1, 0.15) is 122 Å². The molecule has 0 aromatic heterocycles. The summed E-state index contributed by atoms with van der Waals surface area (Å²) in [4.78, 5) is 0.